The Balaban J connectivity index is 1.48. The van der Waals surface area contributed by atoms with Crippen molar-refractivity contribution in [2.45, 2.75) is 13.3 Å². The summed E-state index contributed by atoms with van der Waals surface area (Å²) in [5.41, 5.74) is 4.22. The van der Waals surface area contributed by atoms with E-state index >= 15 is 0 Å². The van der Waals surface area contributed by atoms with Gasteiger partial charge in [-0.3, -0.25) is 4.79 Å². The first-order chi connectivity index (χ1) is 13.1. The average Bonchev–Trinajstić information content (AvgIpc) is 3.16. The molecule has 0 unspecified atom stereocenters. The van der Waals surface area contributed by atoms with Gasteiger partial charge in [0.15, 0.2) is 0 Å². The molecule has 0 aliphatic rings. The van der Waals surface area contributed by atoms with Gasteiger partial charge in [0.05, 0.1) is 17.8 Å². The van der Waals surface area contributed by atoms with E-state index in [1.807, 2.05) is 66.9 Å². The van der Waals surface area contributed by atoms with Crippen molar-refractivity contribution in [3.05, 3.63) is 76.1 Å². The van der Waals surface area contributed by atoms with Gasteiger partial charge < -0.3 is 10.1 Å². The highest BCUT2D eigenvalue weighted by Gasteiger charge is 2.05. The molecule has 1 heterocycles. The number of aromatic nitrogens is 1. The molecule has 0 aliphatic heterocycles. The summed E-state index contributed by atoms with van der Waals surface area (Å²) in [5, 5.41) is 5.94. The third-order valence-corrected chi connectivity index (χ3v) is 4.99. The summed E-state index contributed by atoms with van der Waals surface area (Å²) in [4.78, 5) is 16.6. The Kier molecular flexibility index (Phi) is 6.39. The lowest BCUT2D eigenvalue weighted by Crippen LogP contribution is -2.23. The van der Waals surface area contributed by atoms with Crippen molar-refractivity contribution in [3.63, 3.8) is 0 Å². The quantitative estimate of drug-likeness (QED) is 0.616. The van der Waals surface area contributed by atoms with Gasteiger partial charge in [0.1, 0.15) is 5.75 Å². The van der Waals surface area contributed by atoms with E-state index in [-0.39, 0.29) is 5.91 Å². The van der Waals surface area contributed by atoms with E-state index in [0.29, 0.717) is 13.0 Å². The zero-order chi connectivity index (χ0) is 19.1. The minimum Gasteiger partial charge on any atom is -0.497 e. The van der Waals surface area contributed by atoms with Gasteiger partial charge in [-0.15, -0.1) is 11.3 Å². The predicted molar refractivity (Wildman–Crippen MR) is 111 cm³/mol. The Morgan fingerprint density at radius 1 is 1.15 bits per heavy atom. The van der Waals surface area contributed by atoms with Gasteiger partial charge in [-0.05, 0) is 42.8 Å². The van der Waals surface area contributed by atoms with Crippen molar-refractivity contribution in [1.82, 2.24) is 10.3 Å². The van der Waals surface area contributed by atoms with E-state index in [1.54, 1.807) is 24.5 Å². The monoisotopic (exact) mass is 378 g/mol. The molecular formula is C22H22N2O2S. The van der Waals surface area contributed by atoms with Gasteiger partial charge in [-0.2, -0.15) is 0 Å². The van der Waals surface area contributed by atoms with Gasteiger partial charge in [-0.1, -0.05) is 29.8 Å². The molecule has 0 aliphatic carbocycles. The van der Waals surface area contributed by atoms with E-state index in [0.717, 1.165) is 27.6 Å². The Bertz CT molecular complexity index is 912. The van der Waals surface area contributed by atoms with Crippen LogP contribution in [0.3, 0.4) is 0 Å². The summed E-state index contributed by atoms with van der Waals surface area (Å²) >= 11 is 1.61. The Hall–Kier alpha value is -2.92. The molecule has 1 aromatic heterocycles. The molecule has 27 heavy (non-hydrogen) atoms. The van der Waals surface area contributed by atoms with Crippen molar-refractivity contribution in [2.24, 2.45) is 0 Å². The van der Waals surface area contributed by atoms with Crippen molar-refractivity contribution in [1.29, 1.82) is 0 Å². The van der Waals surface area contributed by atoms with Crippen LogP contribution in [-0.4, -0.2) is 24.5 Å². The molecule has 0 radical (unpaired) electrons. The lowest BCUT2D eigenvalue weighted by atomic mass is 10.1. The first kappa shape index (κ1) is 18.9. The Morgan fingerprint density at radius 3 is 2.59 bits per heavy atom. The molecule has 0 spiro atoms. The fourth-order valence-corrected chi connectivity index (χ4v) is 3.33. The number of carbonyl (C=O) groups excluding carboxylic acids is 1. The SMILES string of the molecule is COc1ccc(-c2csc(CCNC(=O)/C=C/c3ccc(C)cc3)n2)cc1. The molecule has 4 nitrogen and oxygen atoms in total. The lowest BCUT2D eigenvalue weighted by Gasteiger charge is -2.01. The number of ether oxygens (including phenoxy) is 1. The second kappa shape index (κ2) is 9.14. The predicted octanol–water partition coefficient (Wildman–Crippen LogP) is 4.50. The van der Waals surface area contributed by atoms with Crippen molar-refractivity contribution in [3.8, 4) is 17.0 Å². The van der Waals surface area contributed by atoms with Crippen LogP contribution >= 0.6 is 11.3 Å². The second-order valence-electron chi connectivity index (χ2n) is 6.14. The third-order valence-electron chi connectivity index (χ3n) is 4.08. The van der Waals surface area contributed by atoms with E-state index in [1.165, 1.54) is 5.56 Å². The first-order valence-corrected chi connectivity index (χ1v) is 9.63. The average molecular weight is 378 g/mol. The molecule has 3 aromatic rings. The van der Waals surface area contributed by atoms with Crippen LogP contribution in [0.5, 0.6) is 5.75 Å². The highest BCUT2D eigenvalue weighted by molar-refractivity contribution is 7.09. The largest absolute Gasteiger partial charge is 0.497 e. The molecule has 0 saturated heterocycles. The molecule has 1 N–H and O–H groups in total. The van der Waals surface area contributed by atoms with Crippen LogP contribution in [0.4, 0.5) is 0 Å². The molecule has 2 aromatic carbocycles. The number of methoxy groups -OCH3 is 1. The second-order valence-corrected chi connectivity index (χ2v) is 7.08. The Labute approximate surface area is 163 Å². The maximum Gasteiger partial charge on any atom is 0.244 e. The molecule has 5 heteroatoms. The van der Waals surface area contributed by atoms with E-state index in [4.69, 9.17) is 4.74 Å². The van der Waals surface area contributed by atoms with Gasteiger partial charge in [0.25, 0.3) is 0 Å². The van der Waals surface area contributed by atoms with E-state index in [2.05, 4.69) is 10.3 Å². The molecule has 3 rings (SSSR count). The zero-order valence-corrected chi connectivity index (χ0v) is 16.3. The molecule has 1 amide bonds. The highest BCUT2D eigenvalue weighted by Crippen LogP contribution is 2.24. The topological polar surface area (TPSA) is 51.2 Å². The molecule has 0 fully saturated rings. The van der Waals surface area contributed by atoms with Crippen molar-refractivity contribution >= 4 is 23.3 Å². The number of amides is 1. The summed E-state index contributed by atoms with van der Waals surface area (Å²) in [6, 6.07) is 15.9. The first-order valence-electron chi connectivity index (χ1n) is 8.75. The van der Waals surface area contributed by atoms with Crippen LogP contribution in [0.2, 0.25) is 0 Å². The standard InChI is InChI=1S/C22H22N2O2S/c1-16-3-5-17(6-4-16)7-12-21(25)23-14-13-22-24-20(15-27-22)18-8-10-19(26-2)11-9-18/h3-12,15H,13-14H2,1-2H3,(H,23,25)/b12-7+. The van der Waals surface area contributed by atoms with Crippen molar-refractivity contribution < 1.29 is 9.53 Å². The number of carbonyl (C=O) groups is 1. The third kappa shape index (κ3) is 5.53. The van der Waals surface area contributed by atoms with Gasteiger partial charge in [0, 0.05) is 30.0 Å². The molecule has 0 atom stereocenters. The minimum atomic E-state index is -0.0949. The van der Waals surface area contributed by atoms with Gasteiger partial charge in [0.2, 0.25) is 5.91 Å². The lowest BCUT2D eigenvalue weighted by molar-refractivity contribution is -0.116. The Morgan fingerprint density at radius 2 is 1.89 bits per heavy atom. The minimum absolute atomic E-state index is 0.0949. The number of thiazole rings is 1. The zero-order valence-electron chi connectivity index (χ0n) is 15.4. The number of benzene rings is 2. The molecule has 138 valence electrons. The number of aryl methyl sites for hydroxylation is 1. The summed E-state index contributed by atoms with van der Waals surface area (Å²) in [6.07, 6.45) is 4.10. The van der Waals surface area contributed by atoms with Crippen LogP contribution in [0.15, 0.2) is 60.0 Å². The normalized spacial score (nSPS) is 10.9. The summed E-state index contributed by atoms with van der Waals surface area (Å²) in [5.74, 6) is 0.734. The number of hydrogen-bond acceptors (Lipinski definition) is 4. The number of hydrogen-bond donors (Lipinski definition) is 1. The highest BCUT2D eigenvalue weighted by atomic mass is 32.1. The fourth-order valence-electron chi connectivity index (χ4n) is 2.52. The fraction of sp³-hybridized carbons (Fsp3) is 0.182. The maximum absolute atomic E-state index is 11.9. The summed E-state index contributed by atoms with van der Waals surface area (Å²) in [7, 11) is 1.65. The van der Waals surface area contributed by atoms with Gasteiger partial charge >= 0.3 is 0 Å². The molecule has 0 saturated carbocycles. The number of rotatable bonds is 7. The number of nitrogens with zero attached hydrogens (tertiary/aromatic N) is 1. The van der Waals surface area contributed by atoms with E-state index in [9.17, 15) is 4.79 Å². The number of nitrogens with one attached hydrogen (secondary N) is 1. The van der Waals surface area contributed by atoms with Crippen LogP contribution in [0, 0.1) is 6.92 Å². The van der Waals surface area contributed by atoms with Crippen LogP contribution in [0.25, 0.3) is 17.3 Å². The van der Waals surface area contributed by atoms with Crippen LogP contribution in [0.1, 0.15) is 16.1 Å². The molecule has 0 bridgehead atoms. The molecular weight excluding hydrogens is 356 g/mol. The van der Waals surface area contributed by atoms with Crippen molar-refractivity contribution in [2.75, 3.05) is 13.7 Å². The summed E-state index contributed by atoms with van der Waals surface area (Å²) in [6.45, 7) is 2.60. The van der Waals surface area contributed by atoms with Crippen LogP contribution in [-0.2, 0) is 11.2 Å². The summed E-state index contributed by atoms with van der Waals surface area (Å²) < 4.78 is 5.18. The van der Waals surface area contributed by atoms with Gasteiger partial charge in [-0.25, -0.2) is 4.98 Å². The maximum atomic E-state index is 11.9. The van der Waals surface area contributed by atoms with Crippen LogP contribution < -0.4 is 10.1 Å². The smallest absolute Gasteiger partial charge is 0.244 e. The van der Waals surface area contributed by atoms with E-state index < -0.39 is 0 Å².